The molecule has 4 heteroatoms. The van der Waals surface area contributed by atoms with Crippen molar-refractivity contribution < 1.29 is 9.53 Å². The summed E-state index contributed by atoms with van der Waals surface area (Å²) in [4.78, 5) is 14.6. The summed E-state index contributed by atoms with van der Waals surface area (Å²) in [6.45, 7) is 6.99. The van der Waals surface area contributed by atoms with Crippen molar-refractivity contribution in [3.8, 4) is 0 Å². The van der Waals surface area contributed by atoms with Crippen LogP contribution in [0, 0.1) is 0 Å². The van der Waals surface area contributed by atoms with Gasteiger partial charge in [-0.05, 0) is 29.2 Å². The Morgan fingerprint density at radius 1 is 1.08 bits per heavy atom. The lowest BCUT2D eigenvalue weighted by Crippen LogP contribution is -2.35. The van der Waals surface area contributed by atoms with E-state index in [0.717, 1.165) is 49.5 Å². The van der Waals surface area contributed by atoms with Gasteiger partial charge < -0.3 is 10.1 Å². The molecule has 1 fully saturated rings. The third-order valence-corrected chi connectivity index (χ3v) is 4.54. The van der Waals surface area contributed by atoms with Crippen molar-refractivity contribution in [2.45, 2.75) is 20.0 Å². The van der Waals surface area contributed by atoms with Crippen molar-refractivity contribution >= 4 is 11.5 Å². The molecule has 0 spiro atoms. The molecule has 0 atom stereocenters. The Morgan fingerprint density at radius 3 is 2.58 bits per heavy atom. The molecule has 2 aromatic carbocycles. The van der Waals surface area contributed by atoms with E-state index in [9.17, 15) is 4.79 Å². The smallest absolute Gasteiger partial charge is 0.244 e. The summed E-state index contributed by atoms with van der Waals surface area (Å²) in [6, 6.07) is 18.4. The topological polar surface area (TPSA) is 41.6 Å². The zero-order chi connectivity index (χ0) is 18.2. The maximum Gasteiger partial charge on any atom is 0.244 e. The van der Waals surface area contributed by atoms with Gasteiger partial charge in [-0.25, -0.2) is 0 Å². The summed E-state index contributed by atoms with van der Waals surface area (Å²) in [7, 11) is 0. The van der Waals surface area contributed by atoms with E-state index < -0.39 is 0 Å². The molecule has 1 N–H and O–H groups in total. The number of amides is 1. The van der Waals surface area contributed by atoms with Crippen LogP contribution in [0.15, 0.2) is 60.7 Å². The Balaban J connectivity index is 1.54. The Labute approximate surface area is 155 Å². The number of allylic oxidation sites excluding steroid dienone is 1. The van der Waals surface area contributed by atoms with Crippen LogP contribution >= 0.6 is 0 Å². The van der Waals surface area contributed by atoms with Gasteiger partial charge in [0.2, 0.25) is 5.91 Å². The molecule has 0 bridgehead atoms. The third-order valence-electron chi connectivity index (χ3n) is 4.54. The number of carbonyl (C=O) groups excluding carboxylic acids is 1. The number of benzene rings is 2. The molecular formula is C22H26N2O2. The standard InChI is InChI=1S/C22H26N2O2/c1-18(21-8-3-2-4-9-21)14-22(25)23-16-19-6-5-7-20(15-19)17-24-10-12-26-13-11-24/h2-9,14-15H,10-13,16-17H2,1H3,(H,23,25). The van der Waals surface area contributed by atoms with E-state index in [1.165, 1.54) is 5.56 Å². The first-order valence-electron chi connectivity index (χ1n) is 9.10. The van der Waals surface area contributed by atoms with Crippen molar-refractivity contribution in [2.24, 2.45) is 0 Å². The second-order valence-corrected chi connectivity index (χ2v) is 6.62. The van der Waals surface area contributed by atoms with Crippen LogP contribution in [0.25, 0.3) is 5.57 Å². The van der Waals surface area contributed by atoms with Crippen molar-refractivity contribution in [1.29, 1.82) is 0 Å². The quantitative estimate of drug-likeness (QED) is 0.813. The highest BCUT2D eigenvalue weighted by molar-refractivity contribution is 5.94. The van der Waals surface area contributed by atoms with Crippen LogP contribution in [0.2, 0.25) is 0 Å². The van der Waals surface area contributed by atoms with Crippen molar-refractivity contribution in [1.82, 2.24) is 10.2 Å². The van der Waals surface area contributed by atoms with Gasteiger partial charge in [0, 0.05) is 32.3 Å². The lowest BCUT2D eigenvalue weighted by molar-refractivity contribution is -0.116. The van der Waals surface area contributed by atoms with Crippen molar-refractivity contribution in [3.05, 3.63) is 77.4 Å². The van der Waals surface area contributed by atoms with Crippen LogP contribution in [0.5, 0.6) is 0 Å². The summed E-state index contributed by atoms with van der Waals surface area (Å²) < 4.78 is 5.39. The minimum absolute atomic E-state index is 0.0649. The molecule has 0 radical (unpaired) electrons. The maximum atomic E-state index is 12.2. The molecule has 2 aromatic rings. The van der Waals surface area contributed by atoms with Gasteiger partial charge in [0.15, 0.2) is 0 Å². The Morgan fingerprint density at radius 2 is 1.81 bits per heavy atom. The Bertz CT molecular complexity index is 750. The van der Waals surface area contributed by atoms with Gasteiger partial charge in [-0.3, -0.25) is 9.69 Å². The van der Waals surface area contributed by atoms with E-state index >= 15 is 0 Å². The van der Waals surface area contributed by atoms with E-state index in [0.29, 0.717) is 6.54 Å². The molecule has 136 valence electrons. The molecule has 26 heavy (non-hydrogen) atoms. The summed E-state index contributed by atoms with van der Waals surface area (Å²) in [5, 5.41) is 2.98. The predicted octanol–water partition coefficient (Wildman–Crippen LogP) is 3.24. The van der Waals surface area contributed by atoms with Crippen LogP contribution in [-0.4, -0.2) is 37.1 Å². The lowest BCUT2D eigenvalue weighted by Gasteiger charge is -2.26. The molecule has 1 aliphatic rings. The number of ether oxygens (including phenoxy) is 1. The van der Waals surface area contributed by atoms with Crippen LogP contribution in [0.4, 0.5) is 0 Å². The average Bonchev–Trinajstić information content (AvgIpc) is 2.68. The highest BCUT2D eigenvalue weighted by Gasteiger charge is 2.10. The fraction of sp³-hybridized carbons (Fsp3) is 0.318. The average molecular weight is 350 g/mol. The normalized spacial score (nSPS) is 15.7. The second-order valence-electron chi connectivity index (χ2n) is 6.62. The van der Waals surface area contributed by atoms with Gasteiger partial charge in [0.25, 0.3) is 0 Å². The van der Waals surface area contributed by atoms with Crippen molar-refractivity contribution in [3.63, 3.8) is 0 Å². The molecule has 1 saturated heterocycles. The van der Waals surface area contributed by atoms with E-state index in [2.05, 4.69) is 34.5 Å². The van der Waals surface area contributed by atoms with Crippen LogP contribution in [-0.2, 0) is 22.6 Å². The molecule has 3 rings (SSSR count). The lowest BCUT2D eigenvalue weighted by atomic mass is 10.1. The Hall–Kier alpha value is -2.43. The maximum absolute atomic E-state index is 12.2. The molecular weight excluding hydrogens is 324 g/mol. The van der Waals surface area contributed by atoms with Gasteiger partial charge in [0.05, 0.1) is 13.2 Å². The highest BCUT2D eigenvalue weighted by atomic mass is 16.5. The van der Waals surface area contributed by atoms with Gasteiger partial charge in [-0.1, -0.05) is 54.6 Å². The first kappa shape index (κ1) is 18.4. The van der Waals surface area contributed by atoms with E-state index in [4.69, 9.17) is 4.74 Å². The summed E-state index contributed by atoms with van der Waals surface area (Å²) in [5.41, 5.74) is 4.42. The SMILES string of the molecule is CC(=CC(=O)NCc1cccc(CN2CCOCC2)c1)c1ccccc1. The third kappa shape index (κ3) is 5.55. The number of rotatable bonds is 6. The van der Waals surface area contributed by atoms with Crippen LogP contribution in [0.3, 0.4) is 0 Å². The van der Waals surface area contributed by atoms with Crippen LogP contribution < -0.4 is 5.32 Å². The molecule has 4 nitrogen and oxygen atoms in total. The molecule has 0 saturated carbocycles. The number of hydrogen-bond donors (Lipinski definition) is 1. The highest BCUT2D eigenvalue weighted by Crippen LogP contribution is 2.13. The fourth-order valence-electron chi connectivity index (χ4n) is 3.08. The Kier molecular flexibility index (Phi) is 6.58. The van der Waals surface area contributed by atoms with Gasteiger partial charge in [0.1, 0.15) is 0 Å². The minimum Gasteiger partial charge on any atom is -0.379 e. The van der Waals surface area contributed by atoms with Crippen LogP contribution in [0.1, 0.15) is 23.6 Å². The number of nitrogens with zero attached hydrogens (tertiary/aromatic N) is 1. The molecule has 1 heterocycles. The summed E-state index contributed by atoms with van der Waals surface area (Å²) >= 11 is 0. The second kappa shape index (κ2) is 9.32. The number of hydrogen-bond acceptors (Lipinski definition) is 3. The number of morpholine rings is 1. The minimum atomic E-state index is -0.0649. The predicted molar refractivity (Wildman–Crippen MR) is 104 cm³/mol. The zero-order valence-electron chi connectivity index (χ0n) is 15.3. The molecule has 0 aliphatic carbocycles. The largest absolute Gasteiger partial charge is 0.379 e. The fourth-order valence-corrected chi connectivity index (χ4v) is 3.08. The molecule has 1 aliphatic heterocycles. The number of nitrogens with one attached hydrogen (secondary N) is 1. The first-order valence-corrected chi connectivity index (χ1v) is 9.10. The number of carbonyl (C=O) groups is 1. The molecule has 0 unspecified atom stereocenters. The van der Waals surface area contributed by atoms with Gasteiger partial charge >= 0.3 is 0 Å². The van der Waals surface area contributed by atoms with E-state index in [1.54, 1.807) is 6.08 Å². The zero-order valence-corrected chi connectivity index (χ0v) is 15.3. The van der Waals surface area contributed by atoms with Gasteiger partial charge in [-0.15, -0.1) is 0 Å². The van der Waals surface area contributed by atoms with E-state index in [1.807, 2.05) is 37.3 Å². The molecule has 1 amide bonds. The summed E-state index contributed by atoms with van der Waals surface area (Å²) in [5.74, 6) is -0.0649. The van der Waals surface area contributed by atoms with Gasteiger partial charge in [-0.2, -0.15) is 0 Å². The van der Waals surface area contributed by atoms with Crippen molar-refractivity contribution in [2.75, 3.05) is 26.3 Å². The monoisotopic (exact) mass is 350 g/mol. The molecule has 0 aromatic heterocycles. The summed E-state index contributed by atoms with van der Waals surface area (Å²) in [6.07, 6.45) is 1.66. The first-order chi connectivity index (χ1) is 12.7. The van der Waals surface area contributed by atoms with E-state index in [-0.39, 0.29) is 5.91 Å².